The van der Waals surface area contributed by atoms with Crippen molar-refractivity contribution in [1.29, 1.82) is 0 Å². The van der Waals surface area contributed by atoms with Crippen LogP contribution in [0.2, 0.25) is 0 Å². The van der Waals surface area contributed by atoms with Gasteiger partial charge in [-0.2, -0.15) is 0 Å². The van der Waals surface area contributed by atoms with Crippen molar-refractivity contribution in [1.82, 2.24) is 0 Å². The van der Waals surface area contributed by atoms with Crippen LogP contribution < -0.4 is 0 Å². The Balaban J connectivity index is 4.46. The average Bonchev–Trinajstić information content (AvgIpc) is 3.46. The van der Waals surface area contributed by atoms with Crippen LogP contribution in [-0.4, -0.2) is 37.2 Å². The summed E-state index contributed by atoms with van der Waals surface area (Å²) in [7, 11) is 0. The number of rotatable bonds is 57. The lowest BCUT2D eigenvalue weighted by atomic mass is 10.1. The molecule has 0 heterocycles. The van der Waals surface area contributed by atoms with Gasteiger partial charge in [-0.3, -0.25) is 14.4 Å². The summed E-state index contributed by atoms with van der Waals surface area (Å²) in [6.45, 7) is 6.31. The first-order valence-electron chi connectivity index (χ1n) is 32.6. The number of hydrogen-bond donors (Lipinski definition) is 0. The summed E-state index contributed by atoms with van der Waals surface area (Å²) in [5.74, 6) is -1.04. The standard InChI is InChI=1S/C75H118O6/c1-4-7-10-13-16-19-22-25-27-29-31-33-34-35-36-37-38-39-40-42-43-45-47-50-53-56-59-62-65-68-74(77)80-71-72(70-79-73(76)67-64-61-58-55-52-49-24-21-18-15-12-9-6-3)81-75(78)69-66-63-60-57-54-51-48-46-44-41-32-30-28-26-23-20-17-14-11-8-5-2/h7,9-10,12,16,18-19,21,23,25-27,30-33,35-36,38-39,42-43,47,49-50,52,58,61,72H,4-6,8,11,13-15,17,20,22,24,28-29,34,37,40-41,44-46,48,51,53-57,59-60,62-71H2,1-3H3/b10-7-,12-9-,19-16-,21-18-,26-23-,27-25-,32-30-,33-31-,36-35-,39-38-,43-42-,50-47-,52-49-,61-58-. The van der Waals surface area contributed by atoms with Crippen LogP contribution in [-0.2, 0) is 28.6 Å². The molecule has 1 atom stereocenters. The molecule has 0 fully saturated rings. The highest BCUT2D eigenvalue weighted by molar-refractivity contribution is 5.71. The summed E-state index contributed by atoms with van der Waals surface area (Å²) in [5, 5.41) is 0. The van der Waals surface area contributed by atoms with E-state index >= 15 is 0 Å². The Kier molecular flexibility index (Phi) is 62.9. The van der Waals surface area contributed by atoms with Crippen LogP contribution in [0.3, 0.4) is 0 Å². The zero-order valence-corrected chi connectivity index (χ0v) is 52.0. The van der Waals surface area contributed by atoms with Crippen LogP contribution >= 0.6 is 0 Å². The largest absolute Gasteiger partial charge is 0.462 e. The van der Waals surface area contributed by atoms with Gasteiger partial charge in [0.1, 0.15) is 13.2 Å². The Bertz CT molecular complexity index is 1860. The van der Waals surface area contributed by atoms with E-state index in [4.69, 9.17) is 14.2 Å². The van der Waals surface area contributed by atoms with E-state index in [1.54, 1.807) is 0 Å². The van der Waals surface area contributed by atoms with Crippen molar-refractivity contribution in [2.24, 2.45) is 0 Å². The lowest BCUT2D eigenvalue weighted by Crippen LogP contribution is -2.30. The number of hydrogen-bond acceptors (Lipinski definition) is 6. The smallest absolute Gasteiger partial charge is 0.306 e. The van der Waals surface area contributed by atoms with E-state index in [9.17, 15) is 14.4 Å². The second-order valence-electron chi connectivity index (χ2n) is 20.9. The fourth-order valence-electron chi connectivity index (χ4n) is 8.38. The van der Waals surface area contributed by atoms with E-state index < -0.39 is 6.10 Å². The predicted molar refractivity (Wildman–Crippen MR) is 352 cm³/mol. The van der Waals surface area contributed by atoms with Crippen LogP contribution in [0.15, 0.2) is 170 Å². The van der Waals surface area contributed by atoms with Gasteiger partial charge in [0.15, 0.2) is 6.10 Å². The van der Waals surface area contributed by atoms with Gasteiger partial charge in [0.05, 0.1) is 0 Å². The number of ether oxygens (including phenoxy) is 3. The lowest BCUT2D eigenvalue weighted by molar-refractivity contribution is -0.166. The topological polar surface area (TPSA) is 78.9 Å². The summed E-state index contributed by atoms with van der Waals surface area (Å²) < 4.78 is 16.8. The summed E-state index contributed by atoms with van der Waals surface area (Å²) in [5.41, 5.74) is 0. The molecule has 0 rings (SSSR count). The molecule has 0 bridgehead atoms. The molecule has 6 heteroatoms. The molecule has 6 nitrogen and oxygen atoms in total. The molecule has 0 spiro atoms. The van der Waals surface area contributed by atoms with E-state index in [2.05, 4.69) is 179 Å². The van der Waals surface area contributed by atoms with Crippen LogP contribution in [0.25, 0.3) is 0 Å². The molecule has 0 saturated heterocycles. The highest BCUT2D eigenvalue weighted by Gasteiger charge is 2.19. The van der Waals surface area contributed by atoms with Crippen LogP contribution in [0.1, 0.15) is 265 Å². The van der Waals surface area contributed by atoms with Crippen molar-refractivity contribution >= 4 is 17.9 Å². The first kappa shape index (κ1) is 75.8. The van der Waals surface area contributed by atoms with E-state index in [-0.39, 0.29) is 37.5 Å². The van der Waals surface area contributed by atoms with Gasteiger partial charge in [-0.15, -0.1) is 0 Å². The molecule has 81 heavy (non-hydrogen) atoms. The molecule has 0 radical (unpaired) electrons. The molecule has 0 N–H and O–H groups in total. The maximum atomic E-state index is 12.9. The van der Waals surface area contributed by atoms with Crippen molar-refractivity contribution in [3.05, 3.63) is 170 Å². The molecule has 454 valence electrons. The second-order valence-corrected chi connectivity index (χ2v) is 20.9. The average molecular weight is 1120 g/mol. The fourth-order valence-corrected chi connectivity index (χ4v) is 8.38. The Hall–Kier alpha value is -5.23. The summed E-state index contributed by atoms with van der Waals surface area (Å²) in [4.78, 5) is 38.3. The highest BCUT2D eigenvalue weighted by Crippen LogP contribution is 2.14. The third kappa shape index (κ3) is 65.5. The molecule has 0 aromatic heterocycles. The summed E-state index contributed by atoms with van der Waals surface area (Å²) in [6.07, 6.45) is 99.5. The molecule has 0 aromatic rings. The predicted octanol–water partition coefficient (Wildman–Crippen LogP) is 22.7. The van der Waals surface area contributed by atoms with Gasteiger partial charge in [-0.25, -0.2) is 0 Å². The van der Waals surface area contributed by atoms with E-state index in [0.29, 0.717) is 19.3 Å². The van der Waals surface area contributed by atoms with Crippen molar-refractivity contribution in [2.75, 3.05) is 13.2 Å². The summed E-state index contributed by atoms with van der Waals surface area (Å²) >= 11 is 0. The Morgan fingerprint density at radius 3 is 0.827 bits per heavy atom. The number of esters is 3. The quantitative estimate of drug-likeness (QED) is 0.0261. The number of carbonyl (C=O) groups excluding carboxylic acids is 3. The zero-order chi connectivity index (χ0) is 58.5. The lowest BCUT2D eigenvalue weighted by Gasteiger charge is -2.18. The zero-order valence-electron chi connectivity index (χ0n) is 52.0. The van der Waals surface area contributed by atoms with Crippen molar-refractivity contribution in [3.8, 4) is 0 Å². The minimum atomic E-state index is -0.830. The van der Waals surface area contributed by atoms with Gasteiger partial charge in [0.25, 0.3) is 0 Å². The van der Waals surface area contributed by atoms with Crippen LogP contribution in [0.4, 0.5) is 0 Å². The SMILES string of the molecule is CC/C=C\C/C=C\C/C=C\C/C=C\C/C=C\C/C=C\C/C=C\C/C=C\CCCCCCC(=O)OCC(COC(=O)CC/C=C\C/C=C\C/C=C\C/C=C\CC)OC(=O)CCCCCCCCCCC/C=C\C/C=C\CCCCCCC. The normalized spacial score (nSPS) is 13.3. The molecule has 0 aliphatic carbocycles. The third-order valence-corrected chi connectivity index (χ3v) is 13.2. The first-order valence-corrected chi connectivity index (χ1v) is 32.6. The first-order chi connectivity index (χ1) is 40.0. The minimum Gasteiger partial charge on any atom is -0.462 e. The van der Waals surface area contributed by atoms with Crippen LogP contribution in [0.5, 0.6) is 0 Å². The van der Waals surface area contributed by atoms with E-state index in [0.717, 1.165) is 135 Å². The number of allylic oxidation sites excluding steroid dienone is 28. The van der Waals surface area contributed by atoms with Gasteiger partial charge in [0, 0.05) is 19.3 Å². The van der Waals surface area contributed by atoms with Gasteiger partial charge >= 0.3 is 17.9 Å². The monoisotopic (exact) mass is 1110 g/mol. The molecule has 0 aromatic carbocycles. The molecule has 0 amide bonds. The maximum Gasteiger partial charge on any atom is 0.306 e. The van der Waals surface area contributed by atoms with E-state index in [1.165, 1.54) is 83.5 Å². The molecule has 0 aliphatic rings. The number of unbranched alkanes of at least 4 members (excludes halogenated alkanes) is 18. The van der Waals surface area contributed by atoms with Gasteiger partial charge in [-0.1, -0.05) is 274 Å². The molecular formula is C75H118O6. The van der Waals surface area contributed by atoms with Gasteiger partial charge in [-0.05, 0) is 141 Å². The van der Waals surface area contributed by atoms with Crippen molar-refractivity contribution < 1.29 is 28.6 Å². The maximum absolute atomic E-state index is 12.9. The fraction of sp³-hybridized carbons (Fsp3) is 0.587. The summed E-state index contributed by atoms with van der Waals surface area (Å²) in [6, 6.07) is 0. The molecule has 0 saturated carbocycles. The minimum absolute atomic E-state index is 0.123. The van der Waals surface area contributed by atoms with Crippen LogP contribution in [0, 0.1) is 0 Å². The van der Waals surface area contributed by atoms with E-state index in [1.807, 2.05) is 12.2 Å². The van der Waals surface area contributed by atoms with Crippen molar-refractivity contribution in [2.45, 2.75) is 271 Å². The Morgan fingerprint density at radius 1 is 0.259 bits per heavy atom. The Labute approximate surface area is 498 Å². The number of carbonyl (C=O) groups is 3. The van der Waals surface area contributed by atoms with Gasteiger partial charge < -0.3 is 14.2 Å². The second kappa shape index (κ2) is 67.3. The Morgan fingerprint density at radius 2 is 0.506 bits per heavy atom. The van der Waals surface area contributed by atoms with Crippen molar-refractivity contribution in [3.63, 3.8) is 0 Å². The van der Waals surface area contributed by atoms with Gasteiger partial charge in [0.2, 0.25) is 0 Å². The highest BCUT2D eigenvalue weighted by atomic mass is 16.6. The molecule has 1 unspecified atom stereocenters. The molecule has 0 aliphatic heterocycles. The third-order valence-electron chi connectivity index (χ3n) is 13.2. The molecular weight excluding hydrogens is 997 g/mol.